The molecule has 96 valence electrons. The smallest absolute Gasteiger partial charge is 0.255 e. The number of nitrogens with two attached hydrogens (primary N) is 1. The van der Waals surface area contributed by atoms with Gasteiger partial charge in [-0.2, -0.15) is 0 Å². The van der Waals surface area contributed by atoms with Crippen molar-refractivity contribution in [3.63, 3.8) is 0 Å². The normalized spacial score (nSPS) is 19.0. The maximum atomic E-state index is 12.4. The molecule has 1 aliphatic rings. The fourth-order valence-electron chi connectivity index (χ4n) is 2.12. The van der Waals surface area contributed by atoms with Gasteiger partial charge in [-0.25, -0.2) is 0 Å². The predicted octanol–water partition coefficient (Wildman–Crippen LogP) is 2.88. The lowest BCUT2D eigenvalue weighted by Crippen LogP contribution is -2.42. The van der Waals surface area contributed by atoms with Crippen LogP contribution in [-0.4, -0.2) is 28.4 Å². The molecule has 1 aliphatic heterocycles. The molecule has 1 amide bonds. The van der Waals surface area contributed by atoms with E-state index in [-0.39, 0.29) is 11.9 Å². The first-order valence-electron chi connectivity index (χ1n) is 5.56. The fourth-order valence-corrected chi connectivity index (χ4v) is 2.86. The van der Waals surface area contributed by atoms with E-state index in [0.29, 0.717) is 27.1 Å². The standard InChI is InChI=1S/C12H12Cl2N2OS/c13-7-3-4-8(9(14)6-7)12(17)16-5-1-2-10(16)11(15)18/h3-4,6,10H,1-2,5H2,(H2,15,18). The van der Waals surface area contributed by atoms with Crippen molar-refractivity contribution < 1.29 is 4.79 Å². The number of hydrogen-bond acceptors (Lipinski definition) is 2. The zero-order valence-corrected chi connectivity index (χ0v) is 11.9. The second-order valence-electron chi connectivity index (χ2n) is 4.18. The molecule has 6 heteroatoms. The molecule has 1 atom stereocenters. The highest BCUT2D eigenvalue weighted by Gasteiger charge is 2.31. The van der Waals surface area contributed by atoms with Gasteiger partial charge in [-0.3, -0.25) is 4.79 Å². The zero-order chi connectivity index (χ0) is 13.3. The molecule has 1 aromatic rings. The number of benzene rings is 1. The summed E-state index contributed by atoms with van der Waals surface area (Å²) in [4.78, 5) is 14.4. The van der Waals surface area contributed by atoms with Crippen LogP contribution < -0.4 is 5.73 Å². The Kier molecular flexibility index (Phi) is 4.10. The summed E-state index contributed by atoms with van der Waals surface area (Å²) in [5.74, 6) is -0.146. The molecular formula is C12H12Cl2N2OS. The van der Waals surface area contributed by atoms with Crippen LogP contribution in [0.25, 0.3) is 0 Å². The number of carbonyl (C=O) groups is 1. The first-order chi connectivity index (χ1) is 8.50. The quantitative estimate of drug-likeness (QED) is 0.855. The second-order valence-corrected chi connectivity index (χ2v) is 5.50. The minimum atomic E-state index is -0.167. The van der Waals surface area contributed by atoms with Crippen LogP contribution in [0.3, 0.4) is 0 Å². The van der Waals surface area contributed by atoms with Crippen LogP contribution in [0.2, 0.25) is 10.0 Å². The number of hydrogen-bond donors (Lipinski definition) is 1. The lowest BCUT2D eigenvalue weighted by Gasteiger charge is -2.24. The van der Waals surface area contributed by atoms with Gasteiger partial charge in [0.25, 0.3) is 5.91 Å². The molecule has 2 N–H and O–H groups in total. The fraction of sp³-hybridized carbons (Fsp3) is 0.333. The van der Waals surface area contributed by atoms with E-state index in [1.165, 1.54) is 0 Å². The SMILES string of the molecule is NC(=S)C1CCCN1C(=O)c1ccc(Cl)cc1Cl. The molecule has 1 fully saturated rings. The Morgan fingerprint density at radius 3 is 2.78 bits per heavy atom. The summed E-state index contributed by atoms with van der Waals surface area (Å²) >= 11 is 16.8. The summed E-state index contributed by atoms with van der Waals surface area (Å²) in [7, 11) is 0. The molecule has 0 aliphatic carbocycles. The summed E-state index contributed by atoms with van der Waals surface area (Å²) in [6, 6.07) is 4.66. The third kappa shape index (κ3) is 2.60. The van der Waals surface area contributed by atoms with E-state index >= 15 is 0 Å². The topological polar surface area (TPSA) is 46.3 Å². The Labute approximate surface area is 121 Å². The summed E-state index contributed by atoms with van der Waals surface area (Å²) in [6.45, 7) is 0.653. The van der Waals surface area contributed by atoms with Crippen molar-refractivity contribution in [1.82, 2.24) is 4.90 Å². The second kappa shape index (κ2) is 5.43. The van der Waals surface area contributed by atoms with Gasteiger partial charge < -0.3 is 10.6 Å². The highest BCUT2D eigenvalue weighted by atomic mass is 35.5. The van der Waals surface area contributed by atoms with Gasteiger partial charge in [0.15, 0.2) is 0 Å². The number of halogens is 2. The maximum absolute atomic E-state index is 12.4. The average Bonchev–Trinajstić information content (AvgIpc) is 2.77. The van der Waals surface area contributed by atoms with Crippen molar-refractivity contribution in [3.8, 4) is 0 Å². The largest absolute Gasteiger partial charge is 0.392 e. The molecule has 18 heavy (non-hydrogen) atoms. The van der Waals surface area contributed by atoms with E-state index in [0.717, 1.165) is 12.8 Å². The molecule has 0 aromatic heterocycles. The van der Waals surface area contributed by atoms with Crippen LogP contribution in [-0.2, 0) is 0 Å². The lowest BCUT2D eigenvalue weighted by atomic mass is 10.1. The van der Waals surface area contributed by atoms with Gasteiger partial charge in [-0.1, -0.05) is 35.4 Å². The van der Waals surface area contributed by atoms with Crippen molar-refractivity contribution in [2.45, 2.75) is 18.9 Å². The van der Waals surface area contributed by atoms with E-state index in [9.17, 15) is 4.79 Å². The van der Waals surface area contributed by atoms with Gasteiger partial charge >= 0.3 is 0 Å². The van der Waals surface area contributed by atoms with E-state index in [1.54, 1.807) is 23.1 Å². The van der Waals surface area contributed by atoms with Crippen LogP contribution in [0.4, 0.5) is 0 Å². The van der Waals surface area contributed by atoms with E-state index in [1.807, 2.05) is 0 Å². The third-order valence-corrected chi connectivity index (χ3v) is 3.82. The Morgan fingerprint density at radius 2 is 2.17 bits per heavy atom. The van der Waals surface area contributed by atoms with Crippen molar-refractivity contribution in [3.05, 3.63) is 33.8 Å². The summed E-state index contributed by atoms with van der Waals surface area (Å²) in [6.07, 6.45) is 1.71. The van der Waals surface area contributed by atoms with E-state index in [4.69, 9.17) is 41.2 Å². The van der Waals surface area contributed by atoms with Gasteiger partial charge in [0.2, 0.25) is 0 Å². The Bertz CT molecular complexity index is 507. The molecule has 0 bridgehead atoms. The molecular weight excluding hydrogens is 291 g/mol. The lowest BCUT2D eigenvalue weighted by molar-refractivity contribution is 0.0770. The highest BCUT2D eigenvalue weighted by molar-refractivity contribution is 7.80. The number of rotatable bonds is 2. The Morgan fingerprint density at radius 1 is 1.44 bits per heavy atom. The molecule has 0 spiro atoms. The van der Waals surface area contributed by atoms with Crippen molar-refractivity contribution >= 4 is 46.3 Å². The average molecular weight is 303 g/mol. The number of nitrogens with zero attached hydrogens (tertiary/aromatic N) is 1. The third-order valence-electron chi connectivity index (χ3n) is 3.00. The Balaban J connectivity index is 2.28. The first-order valence-corrected chi connectivity index (χ1v) is 6.72. The van der Waals surface area contributed by atoms with Gasteiger partial charge in [0.1, 0.15) is 0 Å². The van der Waals surface area contributed by atoms with Gasteiger partial charge in [0, 0.05) is 11.6 Å². The van der Waals surface area contributed by atoms with Crippen LogP contribution in [0, 0.1) is 0 Å². The molecule has 3 nitrogen and oxygen atoms in total. The number of thiocarbonyl (C=S) groups is 1. The number of likely N-dealkylation sites (tertiary alicyclic amines) is 1. The van der Waals surface area contributed by atoms with Crippen LogP contribution in [0.5, 0.6) is 0 Å². The molecule has 1 heterocycles. The Hall–Kier alpha value is -0.840. The van der Waals surface area contributed by atoms with Gasteiger partial charge in [-0.05, 0) is 31.0 Å². The molecule has 1 saturated heterocycles. The summed E-state index contributed by atoms with van der Waals surface area (Å²) in [5, 5.41) is 0.852. The van der Waals surface area contributed by atoms with Crippen LogP contribution in [0.15, 0.2) is 18.2 Å². The minimum absolute atomic E-state index is 0.146. The van der Waals surface area contributed by atoms with Crippen molar-refractivity contribution in [1.29, 1.82) is 0 Å². The van der Waals surface area contributed by atoms with Crippen LogP contribution >= 0.6 is 35.4 Å². The summed E-state index contributed by atoms with van der Waals surface area (Å²) < 4.78 is 0. The predicted molar refractivity (Wildman–Crippen MR) is 77.3 cm³/mol. The molecule has 0 saturated carbocycles. The molecule has 2 rings (SSSR count). The minimum Gasteiger partial charge on any atom is -0.392 e. The highest BCUT2D eigenvalue weighted by Crippen LogP contribution is 2.26. The molecule has 1 aromatic carbocycles. The number of carbonyl (C=O) groups excluding carboxylic acids is 1. The van der Waals surface area contributed by atoms with E-state index in [2.05, 4.69) is 0 Å². The molecule has 0 radical (unpaired) electrons. The zero-order valence-electron chi connectivity index (χ0n) is 9.53. The number of amides is 1. The monoisotopic (exact) mass is 302 g/mol. The van der Waals surface area contributed by atoms with Gasteiger partial charge in [0.05, 0.1) is 21.6 Å². The van der Waals surface area contributed by atoms with Gasteiger partial charge in [-0.15, -0.1) is 0 Å². The first kappa shape index (κ1) is 13.6. The van der Waals surface area contributed by atoms with Crippen molar-refractivity contribution in [2.75, 3.05) is 6.54 Å². The van der Waals surface area contributed by atoms with E-state index < -0.39 is 0 Å². The maximum Gasteiger partial charge on any atom is 0.255 e. The molecule has 1 unspecified atom stereocenters. The van der Waals surface area contributed by atoms with Crippen molar-refractivity contribution in [2.24, 2.45) is 5.73 Å². The van der Waals surface area contributed by atoms with Crippen LogP contribution in [0.1, 0.15) is 23.2 Å². The summed E-state index contributed by atoms with van der Waals surface area (Å²) in [5.41, 5.74) is 6.08.